The van der Waals surface area contributed by atoms with Gasteiger partial charge in [-0.15, -0.1) is 6.58 Å². The van der Waals surface area contributed by atoms with Crippen LogP contribution in [0.25, 0.3) is 0 Å². The van der Waals surface area contributed by atoms with Crippen LogP contribution in [-0.2, 0) is 0 Å². The third kappa shape index (κ3) is 5.13. The van der Waals surface area contributed by atoms with E-state index in [1.54, 1.807) is 18.2 Å². The lowest BCUT2D eigenvalue weighted by Crippen LogP contribution is -2.30. The standard InChI is InChI=1S/C29H30F2O/c1-3-15-32-26-13-12-22(28(30)19-26)8-6-21-7-14-27(29(31)17-21)25-11-10-23-16-20(4-2)5-9-24(23)18-25/h3-4,7,12-14,17,19-20,23-25H,1-2,5,9-11,15-16,18H2. The number of fused-ring (bicyclic) bond motifs is 1. The van der Waals surface area contributed by atoms with Gasteiger partial charge in [0.15, 0.2) is 0 Å². The van der Waals surface area contributed by atoms with Gasteiger partial charge in [-0.3, -0.25) is 0 Å². The van der Waals surface area contributed by atoms with E-state index in [-0.39, 0.29) is 17.3 Å². The van der Waals surface area contributed by atoms with Gasteiger partial charge in [-0.1, -0.05) is 36.6 Å². The molecule has 2 fully saturated rings. The summed E-state index contributed by atoms with van der Waals surface area (Å²) in [5.41, 5.74) is 1.61. The minimum absolute atomic E-state index is 0.200. The molecule has 2 aromatic carbocycles. The van der Waals surface area contributed by atoms with Crippen molar-refractivity contribution in [3.05, 3.63) is 90.0 Å². The van der Waals surface area contributed by atoms with Crippen molar-refractivity contribution >= 4 is 0 Å². The van der Waals surface area contributed by atoms with E-state index in [0.717, 1.165) is 24.3 Å². The summed E-state index contributed by atoms with van der Waals surface area (Å²) in [7, 11) is 0. The summed E-state index contributed by atoms with van der Waals surface area (Å²) in [4.78, 5) is 0. The van der Waals surface area contributed by atoms with E-state index in [2.05, 4.69) is 31.1 Å². The number of hydrogen-bond donors (Lipinski definition) is 0. The van der Waals surface area contributed by atoms with Gasteiger partial charge in [-0.25, -0.2) is 8.78 Å². The molecular formula is C29H30F2O. The monoisotopic (exact) mass is 432 g/mol. The first-order chi connectivity index (χ1) is 15.6. The second-order valence-corrected chi connectivity index (χ2v) is 9.07. The molecule has 0 saturated heterocycles. The van der Waals surface area contributed by atoms with Gasteiger partial charge in [0, 0.05) is 11.6 Å². The van der Waals surface area contributed by atoms with Gasteiger partial charge < -0.3 is 4.74 Å². The summed E-state index contributed by atoms with van der Waals surface area (Å²) in [6.45, 7) is 7.85. The average molecular weight is 433 g/mol. The van der Waals surface area contributed by atoms with Gasteiger partial charge in [0.2, 0.25) is 0 Å². The number of hydrogen-bond acceptors (Lipinski definition) is 1. The van der Waals surface area contributed by atoms with E-state index in [0.29, 0.717) is 29.8 Å². The van der Waals surface area contributed by atoms with Crippen molar-refractivity contribution in [2.75, 3.05) is 6.61 Å². The molecule has 2 aliphatic carbocycles. The van der Waals surface area contributed by atoms with E-state index in [4.69, 9.17) is 4.74 Å². The molecule has 0 heterocycles. The second kappa shape index (κ2) is 10.2. The molecule has 4 rings (SSSR count). The molecule has 2 saturated carbocycles. The first-order valence-electron chi connectivity index (χ1n) is 11.5. The fraction of sp³-hybridized carbons (Fsp3) is 0.379. The van der Waals surface area contributed by atoms with Gasteiger partial charge in [0.25, 0.3) is 0 Å². The van der Waals surface area contributed by atoms with Crippen LogP contribution in [0.15, 0.2) is 61.7 Å². The highest BCUT2D eigenvalue weighted by Crippen LogP contribution is 2.48. The molecule has 3 heteroatoms. The normalized spacial score (nSPS) is 24.6. The highest BCUT2D eigenvalue weighted by atomic mass is 19.1. The van der Waals surface area contributed by atoms with Crippen molar-refractivity contribution in [1.82, 2.24) is 0 Å². The maximum absolute atomic E-state index is 15.0. The Balaban J connectivity index is 1.44. The Labute approximate surface area is 190 Å². The van der Waals surface area contributed by atoms with Crippen LogP contribution in [0.1, 0.15) is 61.1 Å². The lowest BCUT2D eigenvalue weighted by atomic mass is 9.64. The molecule has 2 aromatic rings. The van der Waals surface area contributed by atoms with E-state index < -0.39 is 5.82 Å². The third-order valence-electron chi connectivity index (χ3n) is 7.08. The molecule has 4 atom stereocenters. The van der Waals surface area contributed by atoms with Crippen molar-refractivity contribution in [3.63, 3.8) is 0 Å². The summed E-state index contributed by atoms with van der Waals surface area (Å²) >= 11 is 0. The van der Waals surface area contributed by atoms with Crippen LogP contribution < -0.4 is 4.74 Å². The SMILES string of the molecule is C=CCOc1ccc(C#Cc2ccc(C3CCC4CC(C=C)CCC4C3)c(F)c2)c(F)c1. The molecule has 166 valence electrons. The summed E-state index contributed by atoms with van der Waals surface area (Å²) in [6.07, 6.45) is 10.7. The van der Waals surface area contributed by atoms with Gasteiger partial charge in [-0.2, -0.15) is 0 Å². The quantitative estimate of drug-likeness (QED) is 0.353. The van der Waals surface area contributed by atoms with Crippen LogP contribution in [0.4, 0.5) is 8.78 Å². The molecule has 0 spiro atoms. The third-order valence-corrected chi connectivity index (χ3v) is 7.08. The minimum atomic E-state index is -0.459. The Bertz CT molecular complexity index is 1040. The summed E-state index contributed by atoms with van der Waals surface area (Å²) in [6, 6.07) is 9.76. The number of benzene rings is 2. The lowest BCUT2D eigenvalue weighted by Gasteiger charge is -2.41. The van der Waals surface area contributed by atoms with Crippen molar-refractivity contribution in [1.29, 1.82) is 0 Å². The van der Waals surface area contributed by atoms with Crippen LogP contribution in [0.5, 0.6) is 5.75 Å². The van der Waals surface area contributed by atoms with Gasteiger partial charge in [0.05, 0.1) is 5.56 Å². The molecule has 0 radical (unpaired) electrons. The van der Waals surface area contributed by atoms with Crippen LogP contribution in [0, 0.1) is 41.2 Å². The zero-order chi connectivity index (χ0) is 22.5. The first-order valence-corrected chi connectivity index (χ1v) is 11.5. The van der Waals surface area contributed by atoms with Crippen molar-refractivity contribution < 1.29 is 13.5 Å². The molecule has 0 aliphatic heterocycles. The van der Waals surface area contributed by atoms with E-state index in [1.807, 2.05) is 12.1 Å². The fourth-order valence-corrected chi connectivity index (χ4v) is 5.34. The molecule has 0 N–H and O–H groups in total. The van der Waals surface area contributed by atoms with Crippen LogP contribution in [-0.4, -0.2) is 6.61 Å². The molecule has 1 nitrogen and oxygen atoms in total. The zero-order valence-electron chi connectivity index (χ0n) is 18.5. The number of allylic oxidation sites excluding steroid dienone is 1. The lowest BCUT2D eigenvalue weighted by molar-refractivity contribution is 0.132. The first kappa shape index (κ1) is 22.3. The van der Waals surface area contributed by atoms with Crippen LogP contribution in [0.2, 0.25) is 0 Å². The Morgan fingerprint density at radius 2 is 1.72 bits per heavy atom. The maximum Gasteiger partial charge on any atom is 0.142 e. The van der Waals surface area contributed by atoms with Crippen molar-refractivity contribution in [3.8, 4) is 17.6 Å². The number of halogens is 2. The highest BCUT2D eigenvalue weighted by molar-refractivity contribution is 5.46. The summed E-state index contributed by atoms with van der Waals surface area (Å²) in [5, 5.41) is 0. The van der Waals surface area contributed by atoms with Crippen molar-refractivity contribution in [2.24, 2.45) is 17.8 Å². The summed E-state index contributed by atoms with van der Waals surface area (Å²) in [5.74, 6) is 7.87. The Morgan fingerprint density at radius 3 is 2.47 bits per heavy atom. The topological polar surface area (TPSA) is 9.23 Å². The smallest absolute Gasteiger partial charge is 0.142 e. The zero-order valence-corrected chi connectivity index (χ0v) is 18.5. The second-order valence-electron chi connectivity index (χ2n) is 9.07. The fourth-order valence-electron chi connectivity index (χ4n) is 5.34. The van der Waals surface area contributed by atoms with E-state index >= 15 is 0 Å². The molecular weight excluding hydrogens is 402 g/mol. The van der Waals surface area contributed by atoms with E-state index in [9.17, 15) is 8.78 Å². The molecule has 0 amide bonds. The maximum atomic E-state index is 15.0. The van der Waals surface area contributed by atoms with E-state index in [1.165, 1.54) is 37.8 Å². The van der Waals surface area contributed by atoms with Crippen LogP contribution >= 0.6 is 0 Å². The average Bonchev–Trinajstić information content (AvgIpc) is 2.81. The Morgan fingerprint density at radius 1 is 0.906 bits per heavy atom. The summed E-state index contributed by atoms with van der Waals surface area (Å²) < 4.78 is 34.6. The molecule has 4 unspecified atom stereocenters. The molecule has 0 aromatic heterocycles. The molecule has 32 heavy (non-hydrogen) atoms. The predicted molar refractivity (Wildman–Crippen MR) is 126 cm³/mol. The largest absolute Gasteiger partial charge is 0.489 e. The number of ether oxygens (including phenoxy) is 1. The Hall–Kier alpha value is -2.86. The predicted octanol–water partition coefficient (Wildman–Crippen LogP) is 7.42. The number of rotatable bonds is 5. The molecule has 0 bridgehead atoms. The van der Waals surface area contributed by atoms with Gasteiger partial charge in [0.1, 0.15) is 24.0 Å². The Kier molecular flexibility index (Phi) is 7.10. The minimum Gasteiger partial charge on any atom is -0.489 e. The van der Waals surface area contributed by atoms with Gasteiger partial charge in [-0.05, 0) is 92.0 Å². The highest BCUT2D eigenvalue weighted by Gasteiger charge is 2.35. The van der Waals surface area contributed by atoms with Gasteiger partial charge >= 0.3 is 0 Å². The van der Waals surface area contributed by atoms with Crippen LogP contribution in [0.3, 0.4) is 0 Å². The molecule has 2 aliphatic rings. The van der Waals surface area contributed by atoms with Crippen molar-refractivity contribution in [2.45, 2.75) is 44.4 Å².